The van der Waals surface area contributed by atoms with Gasteiger partial charge in [-0.3, -0.25) is 14.6 Å². The van der Waals surface area contributed by atoms with E-state index in [-0.39, 0.29) is 22.7 Å². The lowest BCUT2D eigenvalue weighted by atomic mass is 9.85. The van der Waals surface area contributed by atoms with Crippen molar-refractivity contribution in [2.45, 2.75) is 58.9 Å². The van der Waals surface area contributed by atoms with Crippen LogP contribution in [0.5, 0.6) is 0 Å². The predicted molar refractivity (Wildman–Crippen MR) is 150 cm³/mol. The summed E-state index contributed by atoms with van der Waals surface area (Å²) in [7, 11) is 1.47. The lowest BCUT2D eigenvalue weighted by Crippen LogP contribution is -2.49. The maximum Gasteiger partial charge on any atom is 0.416 e. The van der Waals surface area contributed by atoms with E-state index >= 15 is 0 Å². The molecule has 2 aliphatic rings. The molecule has 0 bridgehead atoms. The monoisotopic (exact) mass is 580 g/mol. The number of hydrogen-bond donors (Lipinski definition) is 0. The van der Waals surface area contributed by atoms with E-state index in [2.05, 4.69) is 6.07 Å². The highest BCUT2D eigenvalue weighted by atomic mass is 19.4. The molecule has 3 amide bonds. The third-order valence-electron chi connectivity index (χ3n) is 7.07. The maximum atomic E-state index is 13.8. The number of ketones is 1. The molecule has 0 fully saturated rings. The van der Waals surface area contributed by atoms with Crippen molar-refractivity contribution in [3.05, 3.63) is 82.2 Å². The summed E-state index contributed by atoms with van der Waals surface area (Å²) in [5, 5.41) is 9.62. The van der Waals surface area contributed by atoms with Crippen molar-refractivity contribution >= 4 is 29.2 Å². The minimum absolute atomic E-state index is 0.0251. The van der Waals surface area contributed by atoms with Crippen molar-refractivity contribution in [1.29, 1.82) is 5.26 Å². The minimum Gasteiger partial charge on any atom is -0.443 e. The Morgan fingerprint density at radius 1 is 1.10 bits per heavy atom. The van der Waals surface area contributed by atoms with Gasteiger partial charge in [0.25, 0.3) is 0 Å². The van der Waals surface area contributed by atoms with Crippen molar-refractivity contribution < 1.29 is 32.3 Å². The van der Waals surface area contributed by atoms with Gasteiger partial charge in [-0.2, -0.15) is 18.4 Å². The van der Waals surface area contributed by atoms with E-state index in [1.54, 1.807) is 45.2 Å². The Morgan fingerprint density at radius 2 is 1.79 bits per heavy atom. The molecule has 0 aromatic heterocycles. The van der Waals surface area contributed by atoms with Crippen molar-refractivity contribution in [1.82, 2.24) is 9.80 Å². The van der Waals surface area contributed by atoms with Crippen LogP contribution in [0.25, 0.3) is 5.57 Å². The van der Waals surface area contributed by atoms with Crippen LogP contribution in [-0.4, -0.2) is 46.9 Å². The van der Waals surface area contributed by atoms with E-state index in [9.17, 15) is 32.8 Å². The summed E-state index contributed by atoms with van der Waals surface area (Å²) in [4.78, 5) is 43.5. The van der Waals surface area contributed by atoms with Crippen molar-refractivity contribution in [3.8, 4) is 6.07 Å². The number of benzene rings is 2. The number of nitriles is 1. The summed E-state index contributed by atoms with van der Waals surface area (Å²) in [6.45, 7) is 8.47. The Labute approximate surface area is 242 Å². The van der Waals surface area contributed by atoms with Gasteiger partial charge >= 0.3 is 18.3 Å². The molecule has 0 aliphatic carbocycles. The largest absolute Gasteiger partial charge is 0.443 e. The molecular weight excluding hydrogens is 549 g/mol. The van der Waals surface area contributed by atoms with E-state index in [0.717, 1.165) is 17.0 Å². The molecule has 42 heavy (non-hydrogen) atoms. The summed E-state index contributed by atoms with van der Waals surface area (Å²) in [5.74, 6) is -0.375. The van der Waals surface area contributed by atoms with Gasteiger partial charge in [-0.05, 0) is 88.1 Å². The molecule has 1 atom stereocenters. The van der Waals surface area contributed by atoms with Gasteiger partial charge in [0.1, 0.15) is 5.60 Å². The number of hydrogen-bond acceptors (Lipinski definition) is 5. The van der Waals surface area contributed by atoms with Gasteiger partial charge in [0.05, 0.1) is 28.9 Å². The van der Waals surface area contributed by atoms with Crippen molar-refractivity contribution in [2.24, 2.45) is 0 Å². The van der Waals surface area contributed by atoms with Gasteiger partial charge in [0.15, 0.2) is 5.78 Å². The van der Waals surface area contributed by atoms with Crippen LogP contribution in [-0.2, 0) is 15.7 Å². The van der Waals surface area contributed by atoms with Gasteiger partial charge in [-0.1, -0.05) is 12.1 Å². The van der Waals surface area contributed by atoms with Crippen LogP contribution in [0.2, 0.25) is 0 Å². The first-order valence-corrected chi connectivity index (χ1v) is 13.2. The molecule has 2 heterocycles. The fraction of sp³-hybridized carbons (Fsp3) is 0.355. The van der Waals surface area contributed by atoms with Crippen LogP contribution < -0.4 is 4.90 Å². The Bertz CT molecular complexity index is 1560. The van der Waals surface area contributed by atoms with Crippen LogP contribution in [0.1, 0.15) is 69.3 Å². The quantitative estimate of drug-likeness (QED) is 0.387. The Morgan fingerprint density at radius 3 is 2.38 bits per heavy atom. The lowest BCUT2D eigenvalue weighted by Gasteiger charge is -2.42. The second-order valence-electron chi connectivity index (χ2n) is 11.2. The Kier molecular flexibility index (Phi) is 7.96. The smallest absolute Gasteiger partial charge is 0.416 e. The van der Waals surface area contributed by atoms with Crippen LogP contribution in [0.4, 0.5) is 28.4 Å². The number of nitrogens with zero attached hydrogens (tertiary/aromatic N) is 4. The molecule has 2 aromatic carbocycles. The molecule has 220 valence electrons. The normalized spacial score (nSPS) is 17.8. The molecule has 2 aliphatic heterocycles. The molecule has 2 aromatic rings. The first kappa shape index (κ1) is 30.4. The number of Topliss-reactive ketones (excluding diaryl/α,β-unsaturated/α-hetero) is 1. The summed E-state index contributed by atoms with van der Waals surface area (Å²) in [5.41, 5.74) is 0.910. The standard InChI is InChI=1S/C31H31F3N4O4/c1-18-26(19(2)39)27(36(6)28(40)38(18)23-9-7-8-22(15-23)31(32,33)34)24-11-10-20(16-35)14-25(24)21-12-13-37(17-21)29(41)42-30(3,4)5/h7-11,14-15,17,27H,12-13H2,1-6H3. The topological polar surface area (TPSA) is 94.0 Å². The fourth-order valence-electron chi connectivity index (χ4n) is 5.23. The fourth-order valence-corrected chi connectivity index (χ4v) is 5.23. The number of anilines is 1. The van der Waals surface area contributed by atoms with Gasteiger partial charge in [-0.25, -0.2) is 9.59 Å². The van der Waals surface area contributed by atoms with Crippen LogP contribution in [0.15, 0.2) is 59.9 Å². The number of halogens is 3. The van der Waals surface area contributed by atoms with Crippen LogP contribution in [0, 0.1) is 11.3 Å². The zero-order valence-corrected chi connectivity index (χ0v) is 24.2. The highest BCUT2D eigenvalue weighted by Crippen LogP contribution is 2.43. The van der Waals surface area contributed by atoms with Crippen molar-refractivity contribution in [3.63, 3.8) is 0 Å². The summed E-state index contributed by atoms with van der Waals surface area (Å²) in [6, 6.07) is 9.81. The van der Waals surface area contributed by atoms with E-state index in [4.69, 9.17) is 4.74 Å². The van der Waals surface area contributed by atoms with Gasteiger partial charge in [0, 0.05) is 31.1 Å². The molecule has 1 unspecified atom stereocenters. The molecular formula is C31H31F3N4O4. The van der Waals surface area contributed by atoms with Gasteiger partial charge in [0.2, 0.25) is 0 Å². The number of rotatable bonds is 4. The van der Waals surface area contributed by atoms with E-state index in [1.807, 2.05) is 0 Å². The zero-order valence-electron chi connectivity index (χ0n) is 24.2. The summed E-state index contributed by atoms with van der Waals surface area (Å²) >= 11 is 0. The van der Waals surface area contributed by atoms with Gasteiger partial charge < -0.3 is 9.64 Å². The molecule has 0 saturated heterocycles. The maximum absolute atomic E-state index is 13.8. The molecule has 0 spiro atoms. The van der Waals surface area contributed by atoms with Crippen LogP contribution >= 0.6 is 0 Å². The van der Waals surface area contributed by atoms with E-state index in [0.29, 0.717) is 35.2 Å². The van der Waals surface area contributed by atoms with E-state index < -0.39 is 35.5 Å². The SMILES string of the molecule is CC(=O)C1=C(C)N(c2cccc(C(F)(F)F)c2)C(=O)N(C)C1c1ccc(C#N)cc1C1=CN(C(=O)OC(C)(C)C)CC1. The number of likely N-dealkylation sites (N-methyl/N-ethyl adjacent to an activating group) is 1. The predicted octanol–water partition coefficient (Wildman–Crippen LogP) is 7.03. The lowest BCUT2D eigenvalue weighted by molar-refractivity contribution is -0.137. The zero-order chi connectivity index (χ0) is 31.1. The number of amides is 3. The highest BCUT2D eigenvalue weighted by molar-refractivity contribution is 6.05. The third kappa shape index (κ3) is 5.88. The van der Waals surface area contributed by atoms with Crippen molar-refractivity contribution in [2.75, 3.05) is 18.5 Å². The summed E-state index contributed by atoms with van der Waals surface area (Å²) < 4.78 is 45.9. The first-order valence-electron chi connectivity index (χ1n) is 13.2. The number of ether oxygens (including phenoxy) is 1. The summed E-state index contributed by atoms with van der Waals surface area (Å²) in [6.07, 6.45) is -3.08. The number of urea groups is 1. The average Bonchev–Trinajstić information content (AvgIpc) is 3.39. The molecule has 8 nitrogen and oxygen atoms in total. The number of allylic oxidation sites excluding steroid dienone is 1. The van der Waals surface area contributed by atoms with E-state index in [1.165, 1.54) is 42.8 Å². The molecule has 0 saturated carbocycles. The molecule has 0 N–H and O–H groups in total. The first-order chi connectivity index (χ1) is 19.5. The minimum atomic E-state index is -4.62. The number of carbonyl (C=O) groups excluding carboxylic acids is 3. The molecule has 11 heteroatoms. The Balaban J connectivity index is 1.85. The third-order valence-corrected chi connectivity index (χ3v) is 7.07. The Hall–Kier alpha value is -4.59. The second-order valence-corrected chi connectivity index (χ2v) is 11.2. The average molecular weight is 581 g/mol. The number of alkyl halides is 3. The second kappa shape index (κ2) is 11.0. The number of carbonyl (C=O) groups is 3. The molecule has 4 rings (SSSR count). The van der Waals surface area contributed by atoms with Crippen LogP contribution in [0.3, 0.4) is 0 Å². The van der Waals surface area contributed by atoms with Gasteiger partial charge in [-0.15, -0.1) is 0 Å². The molecule has 0 radical (unpaired) electrons. The highest BCUT2D eigenvalue weighted by Gasteiger charge is 2.41.